The molecule has 0 radical (unpaired) electrons. The van der Waals surface area contributed by atoms with Crippen molar-refractivity contribution in [2.75, 3.05) is 7.11 Å². The third kappa shape index (κ3) is 2.60. The normalized spacial score (nSPS) is 13.1. The molecule has 6 nitrogen and oxygen atoms in total. The average Bonchev–Trinajstić information content (AvgIpc) is 3.24. The van der Waals surface area contributed by atoms with Crippen LogP contribution >= 0.6 is 0 Å². The van der Waals surface area contributed by atoms with Gasteiger partial charge in [0.2, 0.25) is 0 Å². The van der Waals surface area contributed by atoms with Gasteiger partial charge in [-0.2, -0.15) is 5.10 Å². The van der Waals surface area contributed by atoms with Crippen LogP contribution in [0.2, 0.25) is 0 Å². The van der Waals surface area contributed by atoms with Gasteiger partial charge in [-0.05, 0) is 50.1 Å². The molecular formula is C21H21N3O3. The van der Waals surface area contributed by atoms with E-state index >= 15 is 0 Å². The molecule has 4 rings (SSSR count). The summed E-state index contributed by atoms with van der Waals surface area (Å²) in [6, 6.07) is 8.88. The van der Waals surface area contributed by atoms with E-state index in [9.17, 15) is 9.59 Å². The zero-order valence-electron chi connectivity index (χ0n) is 15.9. The maximum absolute atomic E-state index is 13.1. The van der Waals surface area contributed by atoms with Crippen LogP contribution in [0.15, 0.2) is 30.3 Å². The first-order chi connectivity index (χ1) is 12.9. The van der Waals surface area contributed by atoms with Gasteiger partial charge in [-0.1, -0.05) is 12.1 Å². The van der Waals surface area contributed by atoms with Crippen LogP contribution in [0.1, 0.15) is 48.8 Å². The topological polar surface area (TPSA) is 63.9 Å². The van der Waals surface area contributed by atoms with Gasteiger partial charge in [0.1, 0.15) is 0 Å². The first kappa shape index (κ1) is 17.3. The van der Waals surface area contributed by atoms with E-state index in [-0.39, 0.29) is 11.5 Å². The van der Waals surface area contributed by atoms with Crippen molar-refractivity contribution < 1.29 is 14.3 Å². The Balaban J connectivity index is 1.70. The van der Waals surface area contributed by atoms with Crippen molar-refractivity contribution >= 4 is 17.4 Å². The molecule has 27 heavy (non-hydrogen) atoms. The minimum Gasteiger partial charge on any atom is -0.465 e. The number of hydrogen-bond acceptors (Lipinski definition) is 4. The third-order valence-electron chi connectivity index (χ3n) is 5.45. The van der Waals surface area contributed by atoms with Crippen LogP contribution in [-0.4, -0.2) is 33.5 Å². The van der Waals surface area contributed by atoms with Crippen molar-refractivity contribution in [2.24, 2.45) is 0 Å². The number of ether oxygens (including phenoxy) is 1. The Morgan fingerprint density at radius 3 is 2.48 bits per heavy atom. The highest BCUT2D eigenvalue weighted by Gasteiger charge is 2.31. The number of nitrogens with zero attached hydrogens (tertiary/aromatic N) is 3. The van der Waals surface area contributed by atoms with E-state index in [1.165, 1.54) is 18.2 Å². The SMILES string of the molecule is COC(=O)c1ccccc1C(=O)N1Cc2nn3c(C)c(C)c(C)cc3c2C1. The summed E-state index contributed by atoms with van der Waals surface area (Å²) in [7, 11) is 1.31. The molecule has 0 atom stereocenters. The van der Waals surface area contributed by atoms with Crippen LogP contribution in [-0.2, 0) is 17.8 Å². The Morgan fingerprint density at radius 1 is 1.07 bits per heavy atom. The fourth-order valence-corrected chi connectivity index (χ4v) is 3.67. The molecule has 0 fully saturated rings. The van der Waals surface area contributed by atoms with E-state index in [0.29, 0.717) is 18.7 Å². The van der Waals surface area contributed by atoms with E-state index in [2.05, 4.69) is 26.8 Å². The molecule has 0 N–H and O–H groups in total. The van der Waals surface area contributed by atoms with Crippen molar-refractivity contribution in [3.05, 3.63) is 69.5 Å². The van der Waals surface area contributed by atoms with Crippen molar-refractivity contribution in [3.63, 3.8) is 0 Å². The molecule has 2 aromatic heterocycles. The number of hydrogen-bond donors (Lipinski definition) is 0. The minimum absolute atomic E-state index is 0.187. The average molecular weight is 363 g/mol. The molecule has 1 aliphatic rings. The summed E-state index contributed by atoms with van der Waals surface area (Å²) in [6.07, 6.45) is 0. The van der Waals surface area contributed by atoms with E-state index < -0.39 is 5.97 Å². The fraction of sp³-hybridized carbons (Fsp3) is 0.286. The third-order valence-corrected chi connectivity index (χ3v) is 5.45. The summed E-state index contributed by atoms with van der Waals surface area (Å²) in [5.41, 5.74) is 7.22. The molecule has 3 aromatic rings. The van der Waals surface area contributed by atoms with Gasteiger partial charge in [-0.25, -0.2) is 9.31 Å². The molecular weight excluding hydrogens is 342 g/mol. The smallest absolute Gasteiger partial charge is 0.338 e. The second kappa shape index (κ2) is 6.23. The lowest BCUT2D eigenvalue weighted by Gasteiger charge is -2.18. The van der Waals surface area contributed by atoms with Crippen molar-refractivity contribution in [1.82, 2.24) is 14.5 Å². The highest BCUT2D eigenvalue weighted by atomic mass is 16.5. The van der Waals surface area contributed by atoms with Crippen LogP contribution in [0.5, 0.6) is 0 Å². The second-order valence-electron chi connectivity index (χ2n) is 6.96. The van der Waals surface area contributed by atoms with E-state index in [0.717, 1.165) is 22.5 Å². The lowest BCUT2D eigenvalue weighted by molar-refractivity contribution is 0.0589. The predicted molar refractivity (Wildman–Crippen MR) is 101 cm³/mol. The molecule has 1 aliphatic heterocycles. The number of aromatic nitrogens is 2. The standard InChI is InChI=1S/C21H21N3O3/c1-12-9-19-17-10-23(11-18(17)22-24(19)14(3)13(12)2)20(25)15-7-5-6-8-16(15)21(26)27-4/h5-9H,10-11H2,1-4H3. The highest BCUT2D eigenvalue weighted by molar-refractivity contribution is 6.05. The lowest BCUT2D eigenvalue weighted by atomic mass is 10.1. The molecule has 3 heterocycles. The summed E-state index contributed by atoms with van der Waals surface area (Å²) < 4.78 is 6.78. The van der Waals surface area contributed by atoms with Gasteiger partial charge in [0, 0.05) is 11.3 Å². The zero-order chi connectivity index (χ0) is 19.3. The Hall–Kier alpha value is -3.15. The minimum atomic E-state index is -0.508. The molecule has 1 aromatic carbocycles. The number of esters is 1. The number of rotatable bonds is 2. The van der Waals surface area contributed by atoms with Crippen LogP contribution in [0.25, 0.3) is 5.52 Å². The first-order valence-electron chi connectivity index (χ1n) is 8.86. The lowest BCUT2D eigenvalue weighted by Crippen LogP contribution is -2.27. The Labute approximate surface area is 157 Å². The van der Waals surface area contributed by atoms with Gasteiger partial charge < -0.3 is 9.64 Å². The number of carbonyl (C=O) groups excluding carboxylic acids is 2. The summed E-state index contributed by atoms with van der Waals surface area (Å²) >= 11 is 0. The van der Waals surface area contributed by atoms with Gasteiger partial charge in [0.15, 0.2) is 0 Å². The quantitative estimate of drug-likeness (QED) is 0.656. The molecule has 138 valence electrons. The van der Waals surface area contributed by atoms with Crippen molar-refractivity contribution in [2.45, 2.75) is 33.9 Å². The Morgan fingerprint density at radius 2 is 1.78 bits per heavy atom. The molecule has 0 bridgehead atoms. The highest BCUT2D eigenvalue weighted by Crippen LogP contribution is 2.30. The van der Waals surface area contributed by atoms with Crippen molar-refractivity contribution in [1.29, 1.82) is 0 Å². The molecule has 0 saturated heterocycles. The monoisotopic (exact) mass is 363 g/mol. The van der Waals surface area contributed by atoms with Crippen LogP contribution in [0.3, 0.4) is 0 Å². The maximum atomic E-state index is 13.1. The molecule has 1 amide bonds. The van der Waals surface area contributed by atoms with Crippen LogP contribution in [0.4, 0.5) is 0 Å². The predicted octanol–water partition coefficient (Wildman–Crippen LogP) is 3.20. The molecule has 0 saturated carbocycles. The number of benzene rings is 1. The molecule has 6 heteroatoms. The van der Waals surface area contributed by atoms with Gasteiger partial charge in [0.25, 0.3) is 5.91 Å². The van der Waals surface area contributed by atoms with Crippen LogP contribution in [0, 0.1) is 20.8 Å². The number of amides is 1. The number of pyridine rings is 1. The molecule has 0 spiro atoms. The first-order valence-corrected chi connectivity index (χ1v) is 8.86. The van der Waals surface area contributed by atoms with Gasteiger partial charge in [0.05, 0.1) is 42.5 Å². The summed E-state index contributed by atoms with van der Waals surface area (Å²) in [5.74, 6) is -0.696. The van der Waals surface area contributed by atoms with Crippen molar-refractivity contribution in [3.8, 4) is 0 Å². The number of fused-ring (bicyclic) bond motifs is 3. The largest absolute Gasteiger partial charge is 0.465 e. The fourth-order valence-electron chi connectivity index (χ4n) is 3.67. The van der Waals surface area contributed by atoms with E-state index in [1.54, 1.807) is 29.2 Å². The number of methoxy groups -OCH3 is 1. The molecule has 0 aliphatic carbocycles. The molecule has 0 unspecified atom stereocenters. The Bertz CT molecular complexity index is 1100. The van der Waals surface area contributed by atoms with Crippen LogP contribution < -0.4 is 0 Å². The van der Waals surface area contributed by atoms with Gasteiger partial charge in [-0.3, -0.25) is 4.79 Å². The van der Waals surface area contributed by atoms with Gasteiger partial charge >= 0.3 is 5.97 Å². The summed E-state index contributed by atoms with van der Waals surface area (Å²) in [5, 5.41) is 4.73. The zero-order valence-corrected chi connectivity index (χ0v) is 15.9. The Kier molecular flexibility index (Phi) is 3.98. The summed E-state index contributed by atoms with van der Waals surface area (Å²) in [4.78, 5) is 26.8. The maximum Gasteiger partial charge on any atom is 0.338 e. The van der Waals surface area contributed by atoms with E-state index in [4.69, 9.17) is 9.84 Å². The number of aryl methyl sites for hydroxylation is 2. The summed E-state index contributed by atoms with van der Waals surface area (Å²) in [6.45, 7) is 7.16. The number of carbonyl (C=O) groups is 2. The van der Waals surface area contributed by atoms with E-state index in [1.807, 2.05) is 4.52 Å². The van der Waals surface area contributed by atoms with Gasteiger partial charge in [-0.15, -0.1) is 0 Å². The second-order valence-corrected chi connectivity index (χ2v) is 6.96.